The molecule has 2 aliphatic rings. The van der Waals surface area contributed by atoms with Gasteiger partial charge in [0.1, 0.15) is 6.10 Å². The van der Waals surface area contributed by atoms with Crippen molar-refractivity contribution in [2.24, 2.45) is 11.8 Å². The molecule has 0 amide bonds. The molecule has 1 heterocycles. The number of hydrogen-bond donors (Lipinski definition) is 1. The highest BCUT2D eigenvalue weighted by molar-refractivity contribution is 6.74. The molecule has 6 atom stereocenters. The molecule has 1 N–H and O–H groups in total. The Morgan fingerprint density at radius 3 is 2.38 bits per heavy atom. The van der Waals surface area contributed by atoms with Gasteiger partial charge in [0.2, 0.25) is 0 Å². The van der Waals surface area contributed by atoms with Crippen LogP contribution >= 0.6 is 0 Å². The number of aliphatic hydroxyl groups excluding tert-OH is 1. The van der Waals surface area contributed by atoms with E-state index in [1.54, 1.807) is 0 Å². The normalized spacial score (nSPS) is 25.1. The van der Waals surface area contributed by atoms with E-state index < -0.39 is 26.4 Å². The monoisotopic (exact) mass is 688 g/mol. The molecular weight excluding hydrogens is 618 g/mol. The first-order valence-corrected chi connectivity index (χ1v) is 21.8. The topological polar surface area (TPSA) is 74.2 Å². The molecule has 1 aliphatic carbocycles. The van der Waals surface area contributed by atoms with E-state index in [-0.39, 0.29) is 54.2 Å². The van der Waals surface area contributed by atoms with Crippen LogP contribution in [-0.4, -0.2) is 62.6 Å². The SMILES string of the molecule is CCCCCCC(F)(F)C(CC[C@@H]1C(CC=CCCCCCC(=O)OC(C)C)[C@H](O)C[C@H]1OC1CCCCO1)O[Si](C)(C)C(C)(C)C. The molecule has 6 nitrogen and oxygen atoms in total. The molecule has 1 saturated carbocycles. The zero-order chi connectivity index (χ0) is 35.1. The molecule has 0 aromatic heterocycles. The van der Waals surface area contributed by atoms with Crippen molar-refractivity contribution in [1.82, 2.24) is 0 Å². The molecule has 0 aromatic rings. The molecule has 2 rings (SSSR count). The van der Waals surface area contributed by atoms with Gasteiger partial charge in [0.05, 0.1) is 18.3 Å². The van der Waals surface area contributed by atoms with E-state index in [1.807, 2.05) is 13.8 Å². The van der Waals surface area contributed by atoms with E-state index in [0.717, 1.165) is 64.2 Å². The first-order chi connectivity index (χ1) is 22.1. The maximum Gasteiger partial charge on any atom is 0.306 e. The number of hydrogen-bond acceptors (Lipinski definition) is 6. The van der Waals surface area contributed by atoms with Crippen molar-refractivity contribution in [2.45, 2.75) is 205 Å². The minimum absolute atomic E-state index is 0.0615. The van der Waals surface area contributed by atoms with Crippen molar-refractivity contribution in [3.05, 3.63) is 12.2 Å². The van der Waals surface area contributed by atoms with Gasteiger partial charge in [-0.2, -0.15) is 0 Å². The number of halogens is 2. The van der Waals surface area contributed by atoms with Crippen LogP contribution < -0.4 is 0 Å². The largest absolute Gasteiger partial charge is 0.463 e. The molecule has 9 heteroatoms. The van der Waals surface area contributed by atoms with E-state index in [9.17, 15) is 9.90 Å². The summed E-state index contributed by atoms with van der Waals surface area (Å²) in [6.07, 6.45) is 14.0. The van der Waals surface area contributed by atoms with Crippen LogP contribution in [0.3, 0.4) is 0 Å². The van der Waals surface area contributed by atoms with Gasteiger partial charge in [-0.15, -0.1) is 0 Å². The van der Waals surface area contributed by atoms with Crippen LogP contribution in [0, 0.1) is 11.8 Å². The highest BCUT2D eigenvalue weighted by atomic mass is 28.4. The molecule has 3 unspecified atom stereocenters. The predicted octanol–water partition coefficient (Wildman–Crippen LogP) is 10.5. The second-order valence-electron chi connectivity index (χ2n) is 16.0. The van der Waals surface area contributed by atoms with Gasteiger partial charge in [-0.25, -0.2) is 8.78 Å². The molecule has 276 valence electrons. The fourth-order valence-corrected chi connectivity index (χ4v) is 7.99. The van der Waals surface area contributed by atoms with Crippen molar-refractivity contribution in [1.29, 1.82) is 0 Å². The van der Waals surface area contributed by atoms with Gasteiger partial charge < -0.3 is 23.7 Å². The third kappa shape index (κ3) is 15.3. The Kier molecular flexibility index (Phi) is 18.6. The third-order valence-corrected chi connectivity index (χ3v) is 15.0. The number of carbonyl (C=O) groups is 1. The summed E-state index contributed by atoms with van der Waals surface area (Å²) in [6.45, 7) is 16.9. The number of allylic oxidation sites excluding steroid dienone is 2. The quantitative estimate of drug-likeness (QED) is 0.0528. The van der Waals surface area contributed by atoms with Gasteiger partial charge in [0, 0.05) is 25.9 Å². The summed E-state index contributed by atoms with van der Waals surface area (Å²) in [4.78, 5) is 11.8. The summed E-state index contributed by atoms with van der Waals surface area (Å²) in [5, 5.41) is 11.1. The van der Waals surface area contributed by atoms with Crippen LogP contribution in [0.25, 0.3) is 0 Å². The fraction of sp³-hybridized carbons (Fsp3) is 0.921. The van der Waals surface area contributed by atoms with Crippen molar-refractivity contribution in [3.63, 3.8) is 0 Å². The average molecular weight is 689 g/mol. The number of ether oxygens (including phenoxy) is 3. The van der Waals surface area contributed by atoms with Gasteiger partial charge in [0.25, 0.3) is 5.92 Å². The molecule has 47 heavy (non-hydrogen) atoms. The van der Waals surface area contributed by atoms with E-state index in [4.69, 9.17) is 18.6 Å². The Hall–Kier alpha value is -0.873. The average Bonchev–Trinajstić information content (AvgIpc) is 3.27. The Bertz CT molecular complexity index is 899. The predicted molar refractivity (Wildman–Crippen MR) is 189 cm³/mol. The number of carbonyl (C=O) groups excluding carboxylic acids is 1. The molecule has 0 spiro atoms. The third-order valence-electron chi connectivity index (χ3n) is 10.5. The summed E-state index contributed by atoms with van der Waals surface area (Å²) < 4.78 is 56.1. The lowest BCUT2D eigenvalue weighted by molar-refractivity contribution is -0.197. The first kappa shape index (κ1) is 42.3. The van der Waals surface area contributed by atoms with Gasteiger partial charge in [-0.05, 0) is 108 Å². The number of unbranched alkanes of at least 4 members (excludes halogenated alkanes) is 6. The van der Waals surface area contributed by atoms with E-state index in [0.29, 0.717) is 38.7 Å². The zero-order valence-corrected chi connectivity index (χ0v) is 32.2. The summed E-state index contributed by atoms with van der Waals surface area (Å²) in [5.74, 6) is -3.19. The van der Waals surface area contributed by atoms with Gasteiger partial charge in [-0.3, -0.25) is 4.79 Å². The Morgan fingerprint density at radius 1 is 1.02 bits per heavy atom. The lowest BCUT2D eigenvalue weighted by atomic mass is 9.85. The summed E-state index contributed by atoms with van der Waals surface area (Å²) in [5.41, 5.74) is 0. The molecule has 1 aliphatic heterocycles. The summed E-state index contributed by atoms with van der Waals surface area (Å²) in [6, 6.07) is 0. The second-order valence-corrected chi connectivity index (χ2v) is 20.7. The molecule has 0 bridgehead atoms. The molecule has 0 radical (unpaired) electrons. The molecule has 2 fully saturated rings. The first-order valence-electron chi connectivity index (χ1n) is 18.9. The van der Waals surface area contributed by atoms with Crippen molar-refractivity contribution >= 4 is 14.3 Å². The minimum atomic E-state index is -2.91. The maximum absolute atomic E-state index is 16.0. The molecule has 1 saturated heterocycles. The van der Waals surface area contributed by atoms with E-state index in [1.165, 1.54) is 0 Å². The Balaban J connectivity index is 2.11. The number of aliphatic hydroxyl groups is 1. The second kappa shape index (κ2) is 20.7. The summed E-state index contributed by atoms with van der Waals surface area (Å²) in [7, 11) is -2.46. The Labute approximate surface area is 287 Å². The fourth-order valence-electron chi connectivity index (χ4n) is 6.63. The standard InChI is InChI=1S/C38H70F2O6Si/c1-9-10-11-19-26-38(39,40)34(46-47(7,8)37(4,5)6)25-24-31-30(32(41)28-33(31)45-36-23-18-20-27-43-36)21-16-14-12-13-15-17-22-35(42)44-29(2)3/h14,16,29-34,36,41H,9-13,15,17-28H2,1-8H3/t30?,31-,32-,33-,34?,36?/m1/s1. The van der Waals surface area contributed by atoms with Crippen LogP contribution in [0.1, 0.15) is 151 Å². The van der Waals surface area contributed by atoms with Gasteiger partial charge >= 0.3 is 5.97 Å². The van der Waals surface area contributed by atoms with Gasteiger partial charge in [-0.1, -0.05) is 65.5 Å². The van der Waals surface area contributed by atoms with E-state index in [2.05, 4.69) is 52.9 Å². The smallest absolute Gasteiger partial charge is 0.306 e. The number of rotatable bonds is 22. The van der Waals surface area contributed by atoms with Crippen LogP contribution in [0.2, 0.25) is 18.1 Å². The van der Waals surface area contributed by atoms with Gasteiger partial charge in [0.15, 0.2) is 14.6 Å². The van der Waals surface area contributed by atoms with Crippen LogP contribution in [0.15, 0.2) is 12.2 Å². The van der Waals surface area contributed by atoms with Crippen LogP contribution in [0.4, 0.5) is 8.78 Å². The lowest BCUT2D eigenvalue weighted by Gasteiger charge is -2.42. The number of esters is 1. The lowest BCUT2D eigenvalue weighted by Crippen LogP contribution is -2.49. The minimum Gasteiger partial charge on any atom is -0.463 e. The van der Waals surface area contributed by atoms with Crippen LogP contribution in [-0.2, 0) is 23.4 Å². The summed E-state index contributed by atoms with van der Waals surface area (Å²) >= 11 is 0. The maximum atomic E-state index is 16.0. The van der Waals surface area contributed by atoms with E-state index >= 15 is 8.78 Å². The Morgan fingerprint density at radius 2 is 1.74 bits per heavy atom. The highest BCUT2D eigenvalue weighted by Gasteiger charge is 2.49. The zero-order valence-electron chi connectivity index (χ0n) is 31.2. The molecular formula is C38H70F2O6Si. The van der Waals surface area contributed by atoms with Crippen molar-refractivity contribution < 1.29 is 37.3 Å². The number of alkyl halides is 2. The van der Waals surface area contributed by atoms with Crippen molar-refractivity contribution in [3.8, 4) is 0 Å². The molecule has 0 aromatic carbocycles. The van der Waals surface area contributed by atoms with Crippen LogP contribution in [0.5, 0.6) is 0 Å². The highest BCUT2D eigenvalue weighted by Crippen LogP contribution is 2.45. The van der Waals surface area contributed by atoms with Crippen molar-refractivity contribution in [2.75, 3.05) is 6.61 Å².